The smallest absolute Gasteiger partial charge is 0.159 e. The van der Waals surface area contributed by atoms with Crippen LogP contribution >= 0.6 is 0 Å². The van der Waals surface area contributed by atoms with Crippen molar-refractivity contribution < 1.29 is 4.42 Å². The molecule has 3 nitrogen and oxygen atoms in total. The van der Waals surface area contributed by atoms with Crippen LogP contribution in [-0.2, 0) is 0 Å². The summed E-state index contributed by atoms with van der Waals surface area (Å²) in [5.41, 5.74) is 15.2. The molecule has 0 amide bonds. The van der Waals surface area contributed by atoms with Crippen LogP contribution in [0, 0.1) is 0 Å². The molecule has 0 N–H and O–H groups in total. The fourth-order valence-electron chi connectivity index (χ4n) is 10.1. The van der Waals surface area contributed by atoms with E-state index in [4.69, 9.17) is 4.42 Å². The Labute approximate surface area is 376 Å². The second kappa shape index (κ2) is 15.0. The highest BCUT2D eigenvalue weighted by molar-refractivity contribution is 6.18. The summed E-state index contributed by atoms with van der Waals surface area (Å²) in [4.78, 5) is 2.39. The van der Waals surface area contributed by atoms with Crippen LogP contribution in [0.2, 0.25) is 0 Å². The van der Waals surface area contributed by atoms with E-state index in [0.29, 0.717) is 0 Å². The van der Waals surface area contributed by atoms with Crippen LogP contribution in [0.25, 0.3) is 104 Å². The number of rotatable bonds is 7. The predicted octanol–water partition coefficient (Wildman–Crippen LogP) is 17.5. The van der Waals surface area contributed by atoms with Crippen LogP contribution in [0.4, 0.5) is 17.1 Å². The number of hydrogen-bond donors (Lipinski definition) is 0. The van der Waals surface area contributed by atoms with E-state index in [9.17, 15) is 0 Å². The number of hydrogen-bond acceptors (Lipinski definition) is 2. The minimum atomic E-state index is 0.847. The van der Waals surface area contributed by atoms with Crippen LogP contribution in [-0.4, -0.2) is 4.57 Å². The average Bonchev–Trinajstić information content (AvgIpc) is 3.94. The van der Waals surface area contributed by atoms with Crippen molar-refractivity contribution in [2.45, 2.75) is 0 Å². The molecule has 11 aromatic carbocycles. The molecule has 2 aromatic heterocycles. The maximum atomic E-state index is 7.06. The minimum Gasteiger partial charge on any atom is -0.453 e. The molecule has 304 valence electrons. The first-order valence-corrected chi connectivity index (χ1v) is 22.2. The highest BCUT2D eigenvalue weighted by Gasteiger charge is 2.23. The van der Waals surface area contributed by atoms with Gasteiger partial charge in [0.1, 0.15) is 5.58 Å². The first-order valence-electron chi connectivity index (χ1n) is 22.2. The molecule has 0 aliphatic carbocycles. The Morgan fingerprint density at radius 3 is 1.68 bits per heavy atom. The van der Waals surface area contributed by atoms with E-state index < -0.39 is 0 Å². The molecule has 0 aliphatic heterocycles. The molecule has 0 fully saturated rings. The van der Waals surface area contributed by atoms with Crippen molar-refractivity contribution in [1.29, 1.82) is 0 Å². The van der Waals surface area contributed by atoms with E-state index in [1.54, 1.807) is 0 Å². The molecule has 0 atom stereocenters. The lowest BCUT2D eigenvalue weighted by Gasteiger charge is -2.28. The van der Waals surface area contributed by atoms with Gasteiger partial charge in [0.15, 0.2) is 5.58 Å². The van der Waals surface area contributed by atoms with Crippen LogP contribution in [0.3, 0.4) is 0 Å². The lowest BCUT2D eigenvalue weighted by Crippen LogP contribution is -2.11. The zero-order valence-corrected chi connectivity index (χ0v) is 35.4. The summed E-state index contributed by atoms with van der Waals surface area (Å²) < 4.78 is 9.44. The summed E-state index contributed by atoms with van der Waals surface area (Å²) in [5.74, 6) is 0. The molecule has 0 aliphatic rings. The Hall–Kier alpha value is -8.66. The van der Waals surface area contributed by atoms with Crippen molar-refractivity contribution in [3.8, 4) is 39.1 Å². The average molecular weight is 829 g/mol. The van der Waals surface area contributed by atoms with Crippen molar-refractivity contribution in [3.63, 3.8) is 0 Å². The fraction of sp³-hybridized carbons (Fsp3) is 0. The number of nitrogens with zero attached hydrogens (tertiary/aromatic N) is 2. The van der Waals surface area contributed by atoms with Crippen molar-refractivity contribution in [1.82, 2.24) is 4.57 Å². The van der Waals surface area contributed by atoms with E-state index in [1.807, 2.05) is 0 Å². The highest BCUT2D eigenvalue weighted by atomic mass is 16.3. The third-order valence-corrected chi connectivity index (χ3v) is 13.2. The number of anilines is 3. The Balaban J connectivity index is 0.998. The summed E-state index contributed by atoms with van der Waals surface area (Å²) in [5, 5.41) is 9.42. The van der Waals surface area contributed by atoms with Crippen LogP contribution in [0.15, 0.2) is 247 Å². The van der Waals surface area contributed by atoms with Gasteiger partial charge < -0.3 is 13.9 Å². The predicted molar refractivity (Wildman–Crippen MR) is 274 cm³/mol. The quantitative estimate of drug-likeness (QED) is 0.160. The molecule has 0 bridgehead atoms. The van der Waals surface area contributed by atoms with Gasteiger partial charge in [0, 0.05) is 43.9 Å². The number of fused-ring (bicyclic) bond motifs is 9. The Bertz CT molecular complexity index is 3900. The van der Waals surface area contributed by atoms with Gasteiger partial charge in [0.2, 0.25) is 0 Å². The first-order chi connectivity index (χ1) is 32.2. The molecule has 0 saturated heterocycles. The molecule has 3 heteroatoms. The van der Waals surface area contributed by atoms with Gasteiger partial charge in [-0.3, -0.25) is 0 Å². The summed E-state index contributed by atoms with van der Waals surface area (Å²) in [7, 11) is 0. The van der Waals surface area contributed by atoms with Crippen molar-refractivity contribution in [3.05, 3.63) is 243 Å². The Morgan fingerprint density at radius 1 is 0.308 bits per heavy atom. The van der Waals surface area contributed by atoms with Crippen LogP contribution in [0.1, 0.15) is 0 Å². The van der Waals surface area contributed by atoms with Gasteiger partial charge in [-0.2, -0.15) is 0 Å². The SMILES string of the molecule is c1ccc(-c2cc(-c3ccc4ccccc4c3)ccc2N(c2ccc(-c3cccc(-n4c5ccccc5c5ccccc54)c3)cc2)c2cccc3c2oc2c4ccccc4ccc32)cc1. The molecule has 2 heterocycles. The molecular formula is C62H40N2O. The standard InChI is InChI=1S/C62H40N2O/c1-2-15-43(16-3-1)56-40-48(47-29-28-41-14-4-5-18-45(41)38-47)33-37-59(56)63(60-27-13-24-54-55-36-32-44-17-6-7-21-51(44)61(55)65-62(54)60)49-34-30-42(31-35-49)46-19-12-20-50(39-46)64-57-25-10-8-22-52(57)53-23-9-11-26-58(53)64/h1-40H. The molecular weight excluding hydrogens is 789 g/mol. The Kier molecular flexibility index (Phi) is 8.53. The van der Waals surface area contributed by atoms with E-state index >= 15 is 0 Å². The van der Waals surface area contributed by atoms with Gasteiger partial charge in [0.25, 0.3) is 0 Å². The molecule has 0 spiro atoms. The summed E-state index contributed by atoms with van der Waals surface area (Å²) >= 11 is 0. The molecule has 0 unspecified atom stereocenters. The van der Waals surface area contributed by atoms with Crippen LogP contribution in [0.5, 0.6) is 0 Å². The zero-order valence-electron chi connectivity index (χ0n) is 35.4. The number of aromatic nitrogens is 1. The second-order valence-electron chi connectivity index (χ2n) is 16.9. The number of furan rings is 1. The largest absolute Gasteiger partial charge is 0.453 e. The highest BCUT2D eigenvalue weighted by Crippen LogP contribution is 2.47. The van der Waals surface area contributed by atoms with E-state index in [1.165, 1.54) is 38.1 Å². The van der Waals surface area contributed by atoms with Gasteiger partial charge >= 0.3 is 0 Å². The van der Waals surface area contributed by atoms with Gasteiger partial charge in [-0.05, 0) is 111 Å². The van der Waals surface area contributed by atoms with Crippen LogP contribution < -0.4 is 4.90 Å². The normalized spacial score (nSPS) is 11.7. The third-order valence-electron chi connectivity index (χ3n) is 13.2. The van der Waals surface area contributed by atoms with E-state index in [-0.39, 0.29) is 0 Å². The molecule has 13 aromatic rings. The Morgan fingerprint density at radius 2 is 0.877 bits per heavy atom. The zero-order chi connectivity index (χ0) is 42.8. The van der Waals surface area contributed by atoms with Gasteiger partial charge in [-0.15, -0.1) is 0 Å². The number of benzene rings is 11. The maximum Gasteiger partial charge on any atom is 0.159 e. The first kappa shape index (κ1) is 36.9. The molecule has 13 rings (SSSR count). The third kappa shape index (κ3) is 6.12. The minimum absolute atomic E-state index is 0.847. The molecule has 65 heavy (non-hydrogen) atoms. The summed E-state index contributed by atoms with van der Waals surface area (Å²) in [6, 6.07) is 87.7. The second-order valence-corrected chi connectivity index (χ2v) is 16.9. The summed E-state index contributed by atoms with van der Waals surface area (Å²) in [6.45, 7) is 0. The van der Waals surface area contributed by atoms with Crippen molar-refractivity contribution in [2.75, 3.05) is 4.90 Å². The van der Waals surface area contributed by atoms with E-state index in [2.05, 4.69) is 252 Å². The fourth-order valence-corrected chi connectivity index (χ4v) is 10.1. The number of para-hydroxylation sites is 3. The van der Waals surface area contributed by atoms with Gasteiger partial charge in [0.05, 0.1) is 22.4 Å². The topological polar surface area (TPSA) is 21.3 Å². The maximum absolute atomic E-state index is 7.06. The van der Waals surface area contributed by atoms with Crippen molar-refractivity contribution in [2.24, 2.45) is 0 Å². The molecule has 0 saturated carbocycles. The summed E-state index contributed by atoms with van der Waals surface area (Å²) in [6.07, 6.45) is 0. The monoisotopic (exact) mass is 828 g/mol. The van der Waals surface area contributed by atoms with E-state index in [0.717, 1.165) is 83.3 Å². The lowest BCUT2D eigenvalue weighted by molar-refractivity contribution is 0.673. The van der Waals surface area contributed by atoms with Crippen molar-refractivity contribution >= 4 is 82.4 Å². The van der Waals surface area contributed by atoms with Gasteiger partial charge in [-0.25, -0.2) is 0 Å². The molecule has 0 radical (unpaired) electrons. The lowest BCUT2D eigenvalue weighted by atomic mass is 9.95. The van der Waals surface area contributed by atoms with Gasteiger partial charge in [-0.1, -0.05) is 176 Å².